The maximum atomic E-state index is 12.8. The van der Waals surface area contributed by atoms with E-state index in [1.807, 2.05) is 30.6 Å². The molecule has 1 amide bonds. The first-order valence-electron chi connectivity index (χ1n) is 9.74. The van der Waals surface area contributed by atoms with Gasteiger partial charge < -0.3 is 10.2 Å². The van der Waals surface area contributed by atoms with Gasteiger partial charge in [-0.3, -0.25) is 9.48 Å². The first-order chi connectivity index (χ1) is 12.7. The van der Waals surface area contributed by atoms with E-state index in [1.165, 1.54) is 11.3 Å². The van der Waals surface area contributed by atoms with Crippen LogP contribution in [0.15, 0.2) is 30.6 Å². The number of anilines is 1. The molecule has 2 aromatic rings. The van der Waals surface area contributed by atoms with Crippen LogP contribution < -0.4 is 10.2 Å². The predicted molar refractivity (Wildman–Crippen MR) is 101 cm³/mol. The summed E-state index contributed by atoms with van der Waals surface area (Å²) < 4.78 is 2.08. The van der Waals surface area contributed by atoms with E-state index in [2.05, 4.69) is 31.9 Å². The Morgan fingerprint density at radius 2 is 2.27 bits per heavy atom. The number of carbonyl (C=O) groups is 1. The van der Waals surface area contributed by atoms with E-state index in [0.717, 1.165) is 57.6 Å². The van der Waals surface area contributed by atoms with Crippen LogP contribution in [0, 0.1) is 5.92 Å². The molecule has 0 spiro atoms. The molecule has 0 saturated carbocycles. The molecule has 0 aromatic carbocycles. The Balaban J connectivity index is 1.36. The molecule has 26 heavy (non-hydrogen) atoms. The number of amides is 1. The molecule has 6 nitrogen and oxygen atoms in total. The van der Waals surface area contributed by atoms with Crippen molar-refractivity contribution in [2.24, 2.45) is 5.92 Å². The van der Waals surface area contributed by atoms with Crippen molar-refractivity contribution < 1.29 is 4.79 Å². The van der Waals surface area contributed by atoms with E-state index in [4.69, 9.17) is 0 Å². The summed E-state index contributed by atoms with van der Waals surface area (Å²) in [5, 5.41) is 7.76. The van der Waals surface area contributed by atoms with Gasteiger partial charge in [-0.2, -0.15) is 5.10 Å². The van der Waals surface area contributed by atoms with Crippen molar-refractivity contribution in [2.45, 2.75) is 51.6 Å². The zero-order valence-electron chi connectivity index (χ0n) is 15.4. The van der Waals surface area contributed by atoms with Crippen LogP contribution in [-0.2, 0) is 24.2 Å². The minimum absolute atomic E-state index is 0.0468. The molecule has 0 bridgehead atoms. The summed E-state index contributed by atoms with van der Waals surface area (Å²) in [5.41, 5.74) is 2.64. The van der Waals surface area contributed by atoms with E-state index in [9.17, 15) is 4.79 Å². The summed E-state index contributed by atoms with van der Waals surface area (Å²) in [6.45, 7) is 4.77. The highest BCUT2D eigenvalue weighted by molar-refractivity contribution is 5.80. The lowest BCUT2D eigenvalue weighted by Gasteiger charge is -2.34. The van der Waals surface area contributed by atoms with E-state index in [0.29, 0.717) is 0 Å². The van der Waals surface area contributed by atoms with E-state index < -0.39 is 0 Å². The molecule has 6 heteroatoms. The SMILES string of the molecule is CCn1ncc2c1CCC(NC(=O)C1CCCN(c3ccccn3)C1)C2. The van der Waals surface area contributed by atoms with Crippen molar-refractivity contribution in [2.75, 3.05) is 18.0 Å². The van der Waals surface area contributed by atoms with Crippen LogP contribution in [0.3, 0.4) is 0 Å². The Bertz CT molecular complexity index is 757. The molecule has 138 valence electrons. The molecule has 2 unspecified atom stereocenters. The van der Waals surface area contributed by atoms with Gasteiger partial charge in [0.2, 0.25) is 5.91 Å². The summed E-state index contributed by atoms with van der Waals surface area (Å²) in [7, 11) is 0. The Morgan fingerprint density at radius 1 is 1.35 bits per heavy atom. The fourth-order valence-electron chi connectivity index (χ4n) is 4.24. The van der Waals surface area contributed by atoms with Gasteiger partial charge in [-0.05, 0) is 56.7 Å². The molecular weight excluding hydrogens is 326 g/mol. The van der Waals surface area contributed by atoms with Gasteiger partial charge in [-0.25, -0.2) is 4.98 Å². The van der Waals surface area contributed by atoms with Crippen molar-refractivity contribution in [1.82, 2.24) is 20.1 Å². The van der Waals surface area contributed by atoms with Crippen LogP contribution >= 0.6 is 0 Å². The van der Waals surface area contributed by atoms with Gasteiger partial charge in [0.05, 0.1) is 12.1 Å². The highest BCUT2D eigenvalue weighted by Crippen LogP contribution is 2.24. The zero-order valence-corrected chi connectivity index (χ0v) is 15.4. The van der Waals surface area contributed by atoms with Gasteiger partial charge in [0.1, 0.15) is 5.82 Å². The van der Waals surface area contributed by atoms with Crippen LogP contribution in [0.1, 0.15) is 37.4 Å². The van der Waals surface area contributed by atoms with Crippen LogP contribution in [0.25, 0.3) is 0 Å². The van der Waals surface area contributed by atoms with E-state index in [1.54, 1.807) is 0 Å². The lowest BCUT2D eigenvalue weighted by atomic mass is 9.91. The number of aromatic nitrogens is 3. The van der Waals surface area contributed by atoms with Gasteiger partial charge in [0.15, 0.2) is 0 Å². The largest absolute Gasteiger partial charge is 0.356 e. The second-order valence-electron chi connectivity index (χ2n) is 7.35. The molecule has 1 saturated heterocycles. The molecule has 1 fully saturated rings. The summed E-state index contributed by atoms with van der Waals surface area (Å²) in [6, 6.07) is 6.18. The van der Waals surface area contributed by atoms with Crippen LogP contribution in [0.4, 0.5) is 5.82 Å². The number of nitrogens with zero attached hydrogens (tertiary/aromatic N) is 4. The smallest absolute Gasteiger partial charge is 0.225 e. The molecular formula is C20H27N5O. The minimum atomic E-state index is 0.0468. The number of hydrogen-bond acceptors (Lipinski definition) is 4. The van der Waals surface area contributed by atoms with Gasteiger partial charge in [0.25, 0.3) is 0 Å². The Labute approximate surface area is 154 Å². The third kappa shape index (κ3) is 3.45. The summed E-state index contributed by atoms with van der Waals surface area (Å²) >= 11 is 0. The first kappa shape index (κ1) is 17.1. The zero-order chi connectivity index (χ0) is 17.9. The average Bonchev–Trinajstić information content (AvgIpc) is 3.11. The topological polar surface area (TPSA) is 63.1 Å². The van der Waals surface area contributed by atoms with Gasteiger partial charge in [-0.15, -0.1) is 0 Å². The van der Waals surface area contributed by atoms with Crippen LogP contribution in [0.2, 0.25) is 0 Å². The van der Waals surface area contributed by atoms with E-state index >= 15 is 0 Å². The predicted octanol–water partition coefficient (Wildman–Crippen LogP) is 2.19. The van der Waals surface area contributed by atoms with Crippen molar-refractivity contribution in [3.05, 3.63) is 41.9 Å². The Morgan fingerprint density at radius 3 is 3.08 bits per heavy atom. The number of carbonyl (C=O) groups excluding carboxylic acids is 1. The van der Waals surface area contributed by atoms with Crippen molar-refractivity contribution >= 4 is 11.7 Å². The standard InChI is InChI=1S/C20H27N5O/c1-2-25-18-9-8-17(12-16(18)13-22-25)23-20(26)15-6-5-11-24(14-15)19-7-3-4-10-21-19/h3-4,7,10,13,15,17H,2,5-6,8-9,11-12,14H2,1H3,(H,23,26). The Hall–Kier alpha value is -2.37. The van der Waals surface area contributed by atoms with Gasteiger partial charge in [0, 0.05) is 37.6 Å². The monoisotopic (exact) mass is 353 g/mol. The third-order valence-electron chi connectivity index (χ3n) is 5.64. The number of rotatable bonds is 4. The molecule has 1 N–H and O–H groups in total. The molecule has 2 atom stereocenters. The normalized spacial score (nSPS) is 22.7. The molecule has 0 radical (unpaired) electrons. The number of nitrogens with one attached hydrogen (secondary N) is 1. The Kier molecular flexibility index (Phi) is 4.91. The highest BCUT2D eigenvalue weighted by Gasteiger charge is 2.29. The second kappa shape index (κ2) is 7.48. The van der Waals surface area contributed by atoms with Crippen LogP contribution in [-0.4, -0.2) is 39.8 Å². The first-order valence-corrected chi connectivity index (χ1v) is 9.74. The van der Waals surface area contributed by atoms with Crippen LogP contribution in [0.5, 0.6) is 0 Å². The second-order valence-corrected chi connectivity index (χ2v) is 7.35. The summed E-state index contributed by atoms with van der Waals surface area (Å²) in [4.78, 5) is 19.5. The highest BCUT2D eigenvalue weighted by atomic mass is 16.2. The number of pyridine rings is 1. The molecule has 1 aliphatic carbocycles. The van der Waals surface area contributed by atoms with Crippen molar-refractivity contribution in [3.8, 4) is 0 Å². The maximum Gasteiger partial charge on any atom is 0.225 e. The third-order valence-corrected chi connectivity index (χ3v) is 5.64. The maximum absolute atomic E-state index is 12.8. The van der Waals surface area contributed by atoms with Gasteiger partial charge in [-0.1, -0.05) is 6.07 Å². The van der Waals surface area contributed by atoms with Crippen molar-refractivity contribution in [3.63, 3.8) is 0 Å². The number of piperidine rings is 1. The molecule has 4 rings (SSSR count). The summed E-state index contributed by atoms with van der Waals surface area (Å²) in [6.07, 6.45) is 8.68. The summed E-state index contributed by atoms with van der Waals surface area (Å²) in [5.74, 6) is 1.21. The van der Waals surface area contributed by atoms with E-state index in [-0.39, 0.29) is 17.9 Å². The fraction of sp³-hybridized carbons (Fsp3) is 0.550. The number of aryl methyl sites for hydroxylation is 1. The van der Waals surface area contributed by atoms with Gasteiger partial charge >= 0.3 is 0 Å². The quantitative estimate of drug-likeness (QED) is 0.915. The number of fused-ring (bicyclic) bond motifs is 1. The lowest BCUT2D eigenvalue weighted by Crippen LogP contribution is -2.47. The minimum Gasteiger partial charge on any atom is -0.356 e. The average molecular weight is 353 g/mol. The molecule has 2 aliphatic rings. The molecule has 1 aliphatic heterocycles. The lowest BCUT2D eigenvalue weighted by molar-refractivity contribution is -0.126. The molecule has 2 aromatic heterocycles. The van der Waals surface area contributed by atoms with Crippen molar-refractivity contribution in [1.29, 1.82) is 0 Å². The molecule has 3 heterocycles. The fourth-order valence-corrected chi connectivity index (χ4v) is 4.24. The number of hydrogen-bond donors (Lipinski definition) is 1.